The van der Waals surface area contributed by atoms with E-state index in [1.165, 1.54) is 35.9 Å². The van der Waals surface area contributed by atoms with E-state index in [0.29, 0.717) is 6.54 Å². The molecular formula is C23H33N3O2. The second-order valence-electron chi connectivity index (χ2n) is 7.38. The minimum absolute atomic E-state index is 0.116. The maximum absolute atomic E-state index is 12.5. The van der Waals surface area contributed by atoms with Crippen LogP contribution in [0.5, 0.6) is 0 Å². The zero-order valence-corrected chi connectivity index (χ0v) is 17.5. The fraction of sp³-hybridized carbons (Fsp3) is 0.522. The van der Waals surface area contributed by atoms with Gasteiger partial charge in [0.25, 0.3) is 0 Å². The van der Waals surface area contributed by atoms with Crippen molar-refractivity contribution in [1.82, 2.24) is 15.1 Å². The minimum atomic E-state index is -0.118. The molecule has 0 unspecified atom stereocenters. The van der Waals surface area contributed by atoms with Gasteiger partial charge >= 0.3 is 0 Å². The number of nitrogens with zero attached hydrogens (tertiary/aromatic N) is 2. The molecule has 2 rings (SSSR count). The number of hydrogen-bond acceptors (Lipinski definition) is 3. The van der Waals surface area contributed by atoms with Gasteiger partial charge in [0.1, 0.15) is 0 Å². The molecule has 0 aliphatic rings. The summed E-state index contributed by atoms with van der Waals surface area (Å²) < 4.78 is 1.49. The molecule has 0 aliphatic carbocycles. The highest BCUT2D eigenvalue weighted by molar-refractivity contribution is 5.85. The van der Waals surface area contributed by atoms with Gasteiger partial charge in [0, 0.05) is 25.1 Å². The van der Waals surface area contributed by atoms with Crippen LogP contribution >= 0.6 is 0 Å². The third-order valence-corrected chi connectivity index (χ3v) is 5.11. The molecule has 1 amide bonds. The Balaban J connectivity index is 1.81. The lowest BCUT2D eigenvalue weighted by Gasteiger charge is -2.06. The summed E-state index contributed by atoms with van der Waals surface area (Å²) in [5, 5.41) is 7.29. The number of aromatic nitrogens is 2. The summed E-state index contributed by atoms with van der Waals surface area (Å²) in [4.78, 5) is 24.6. The maximum atomic E-state index is 12.5. The Morgan fingerprint density at radius 3 is 2.43 bits per heavy atom. The quantitative estimate of drug-likeness (QED) is 0.570. The first kappa shape index (κ1) is 21.9. The molecule has 5 heteroatoms. The van der Waals surface area contributed by atoms with Gasteiger partial charge in [0.15, 0.2) is 0 Å². The minimum Gasteiger partial charge on any atom is -0.352 e. The standard InChI is InChI=1S/C23H33N3O2/c1-4-5-6-7-11-14-21-18(2)25-26(19(21)3)23(28)16-15-22(27)24-17-20-12-9-8-10-13-20/h8-10,12-13H,4-7,11,14-17H2,1-3H3,(H,24,27). The van der Waals surface area contributed by atoms with Gasteiger partial charge in [-0.05, 0) is 37.8 Å². The molecule has 1 N–H and O–H groups in total. The normalized spacial score (nSPS) is 10.8. The topological polar surface area (TPSA) is 64.0 Å². The number of unbranched alkanes of at least 4 members (excludes halogenated alkanes) is 4. The van der Waals surface area contributed by atoms with Crippen LogP contribution in [0.4, 0.5) is 0 Å². The number of nitrogens with one attached hydrogen (secondary N) is 1. The highest BCUT2D eigenvalue weighted by atomic mass is 16.2. The van der Waals surface area contributed by atoms with Gasteiger partial charge in [-0.2, -0.15) is 5.10 Å². The van der Waals surface area contributed by atoms with Crippen LogP contribution in [0, 0.1) is 13.8 Å². The fourth-order valence-corrected chi connectivity index (χ4v) is 3.40. The highest BCUT2D eigenvalue weighted by Crippen LogP contribution is 2.17. The van der Waals surface area contributed by atoms with Crippen LogP contribution in [0.15, 0.2) is 30.3 Å². The van der Waals surface area contributed by atoms with E-state index in [1.807, 2.05) is 44.2 Å². The summed E-state index contributed by atoms with van der Waals surface area (Å²) in [5.74, 6) is -0.234. The first-order valence-corrected chi connectivity index (χ1v) is 10.4. The number of benzene rings is 1. The first-order chi connectivity index (χ1) is 13.5. The lowest BCUT2D eigenvalue weighted by atomic mass is 10.0. The molecule has 5 nitrogen and oxygen atoms in total. The van der Waals surface area contributed by atoms with Crippen LogP contribution in [0.25, 0.3) is 0 Å². The van der Waals surface area contributed by atoms with E-state index >= 15 is 0 Å². The van der Waals surface area contributed by atoms with Crippen molar-refractivity contribution >= 4 is 11.8 Å². The number of rotatable bonds is 11. The smallest absolute Gasteiger partial charge is 0.247 e. The molecule has 1 aromatic heterocycles. The van der Waals surface area contributed by atoms with Crippen LogP contribution < -0.4 is 5.32 Å². The Morgan fingerprint density at radius 2 is 1.71 bits per heavy atom. The SMILES string of the molecule is CCCCCCCc1c(C)nn(C(=O)CCC(=O)NCc2ccccc2)c1C. The Labute approximate surface area is 168 Å². The van der Waals surface area contributed by atoms with Crippen molar-refractivity contribution in [2.45, 2.75) is 78.7 Å². The summed E-state index contributed by atoms with van der Waals surface area (Å²) in [6.45, 7) is 6.61. The van der Waals surface area contributed by atoms with Gasteiger partial charge < -0.3 is 5.32 Å². The van der Waals surface area contributed by atoms with Crippen molar-refractivity contribution in [3.8, 4) is 0 Å². The van der Waals surface area contributed by atoms with Crippen molar-refractivity contribution in [1.29, 1.82) is 0 Å². The molecule has 2 aromatic rings. The third kappa shape index (κ3) is 6.63. The Kier molecular flexibility index (Phi) is 8.92. The first-order valence-electron chi connectivity index (χ1n) is 10.4. The molecule has 0 saturated heterocycles. The summed E-state index contributed by atoms with van der Waals surface area (Å²) in [7, 11) is 0. The fourth-order valence-electron chi connectivity index (χ4n) is 3.40. The maximum Gasteiger partial charge on any atom is 0.247 e. The summed E-state index contributed by atoms with van der Waals surface area (Å²) in [6.07, 6.45) is 7.43. The molecule has 0 bridgehead atoms. The number of amides is 1. The average Bonchev–Trinajstić information content (AvgIpc) is 2.99. The highest BCUT2D eigenvalue weighted by Gasteiger charge is 2.17. The van der Waals surface area contributed by atoms with E-state index in [0.717, 1.165) is 29.8 Å². The van der Waals surface area contributed by atoms with E-state index in [4.69, 9.17) is 0 Å². The van der Waals surface area contributed by atoms with E-state index < -0.39 is 0 Å². The molecule has 1 heterocycles. The zero-order chi connectivity index (χ0) is 20.4. The third-order valence-electron chi connectivity index (χ3n) is 5.11. The van der Waals surface area contributed by atoms with Gasteiger partial charge in [-0.15, -0.1) is 0 Å². The van der Waals surface area contributed by atoms with Crippen molar-refractivity contribution in [3.05, 3.63) is 52.8 Å². The van der Waals surface area contributed by atoms with Crippen LogP contribution in [-0.2, 0) is 17.8 Å². The number of aryl methyl sites for hydroxylation is 1. The Bertz CT molecular complexity index is 766. The van der Waals surface area contributed by atoms with Crippen molar-refractivity contribution < 1.29 is 9.59 Å². The van der Waals surface area contributed by atoms with E-state index in [-0.39, 0.29) is 24.7 Å². The largest absolute Gasteiger partial charge is 0.352 e. The molecular weight excluding hydrogens is 350 g/mol. The Hall–Kier alpha value is -2.43. The second-order valence-corrected chi connectivity index (χ2v) is 7.38. The number of hydrogen-bond donors (Lipinski definition) is 1. The monoisotopic (exact) mass is 383 g/mol. The van der Waals surface area contributed by atoms with E-state index in [2.05, 4.69) is 17.3 Å². The summed E-state index contributed by atoms with van der Waals surface area (Å²) >= 11 is 0. The molecule has 0 spiro atoms. The molecule has 28 heavy (non-hydrogen) atoms. The Morgan fingerprint density at radius 1 is 1.00 bits per heavy atom. The van der Waals surface area contributed by atoms with Gasteiger partial charge in [-0.3, -0.25) is 9.59 Å². The van der Waals surface area contributed by atoms with Crippen molar-refractivity contribution in [2.75, 3.05) is 0 Å². The van der Waals surface area contributed by atoms with Crippen LogP contribution in [0.2, 0.25) is 0 Å². The van der Waals surface area contributed by atoms with Gasteiger partial charge in [-0.1, -0.05) is 62.9 Å². The molecule has 1 aromatic carbocycles. The van der Waals surface area contributed by atoms with Gasteiger partial charge in [0.2, 0.25) is 11.8 Å². The zero-order valence-electron chi connectivity index (χ0n) is 17.5. The molecule has 0 aliphatic heterocycles. The van der Waals surface area contributed by atoms with Crippen LogP contribution in [0.3, 0.4) is 0 Å². The summed E-state index contributed by atoms with van der Waals surface area (Å²) in [6, 6.07) is 9.75. The number of carbonyl (C=O) groups excluding carboxylic acids is 2. The van der Waals surface area contributed by atoms with Crippen LogP contribution in [0.1, 0.15) is 79.2 Å². The molecule has 0 fully saturated rings. The lowest BCUT2D eigenvalue weighted by Crippen LogP contribution is -2.24. The van der Waals surface area contributed by atoms with E-state index in [9.17, 15) is 9.59 Å². The predicted octanol–water partition coefficient (Wildman–Crippen LogP) is 4.75. The average molecular weight is 384 g/mol. The van der Waals surface area contributed by atoms with Crippen molar-refractivity contribution in [2.24, 2.45) is 0 Å². The summed E-state index contributed by atoms with van der Waals surface area (Å²) in [5.41, 5.74) is 4.07. The lowest BCUT2D eigenvalue weighted by molar-refractivity contribution is -0.121. The van der Waals surface area contributed by atoms with Gasteiger partial charge in [0.05, 0.1) is 5.69 Å². The molecule has 152 valence electrons. The van der Waals surface area contributed by atoms with Crippen LogP contribution in [-0.4, -0.2) is 21.6 Å². The predicted molar refractivity (Wildman–Crippen MR) is 112 cm³/mol. The number of carbonyl (C=O) groups is 2. The molecule has 0 radical (unpaired) electrons. The molecule has 0 saturated carbocycles. The van der Waals surface area contributed by atoms with Crippen molar-refractivity contribution in [3.63, 3.8) is 0 Å². The van der Waals surface area contributed by atoms with Gasteiger partial charge in [-0.25, -0.2) is 4.68 Å². The second kappa shape index (κ2) is 11.4. The van der Waals surface area contributed by atoms with E-state index in [1.54, 1.807) is 0 Å². The molecule has 0 atom stereocenters.